The molecule has 134 valence electrons. The first kappa shape index (κ1) is 16.8. The number of fused-ring (bicyclic) bond motifs is 2. The predicted molar refractivity (Wildman–Crippen MR) is 102 cm³/mol. The lowest BCUT2D eigenvalue weighted by Crippen LogP contribution is -2.35. The van der Waals surface area contributed by atoms with Gasteiger partial charge in [-0.3, -0.25) is 10.2 Å². The van der Waals surface area contributed by atoms with E-state index in [9.17, 15) is 9.90 Å². The SMILES string of the molecule is O=C(Nc1cc2cc(Cl)ccc2[nH]1)N1CCCOc2c(CO)cccc21. The van der Waals surface area contributed by atoms with Gasteiger partial charge in [-0.1, -0.05) is 23.7 Å². The lowest BCUT2D eigenvalue weighted by Gasteiger charge is -2.22. The van der Waals surface area contributed by atoms with E-state index in [-0.39, 0.29) is 12.6 Å². The van der Waals surface area contributed by atoms with Crippen LogP contribution in [0.5, 0.6) is 5.75 Å². The van der Waals surface area contributed by atoms with Gasteiger partial charge in [-0.05, 0) is 36.8 Å². The maximum absolute atomic E-state index is 12.9. The molecule has 2 amide bonds. The van der Waals surface area contributed by atoms with Crippen molar-refractivity contribution in [2.45, 2.75) is 13.0 Å². The molecule has 0 spiro atoms. The van der Waals surface area contributed by atoms with Crippen molar-refractivity contribution in [3.63, 3.8) is 0 Å². The Hall–Kier alpha value is -2.70. The Morgan fingerprint density at radius 2 is 2.19 bits per heavy atom. The number of carbonyl (C=O) groups is 1. The average Bonchev–Trinajstić information content (AvgIpc) is 2.89. The number of aromatic nitrogens is 1. The number of rotatable bonds is 2. The summed E-state index contributed by atoms with van der Waals surface area (Å²) in [6.45, 7) is 0.889. The minimum atomic E-state index is -0.260. The van der Waals surface area contributed by atoms with E-state index in [4.69, 9.17) is 16.3 Å². The Labute approximate surface area is 155 Å². The minimum Gasteiger partial charge on any atom is -0.491 e. The van der Waals surface area contributed by atoms with Crippen molar-refractivity contribution in [3.8, 4) is 5.75 Å². The first-order valence-electron chi connectivity index (χ1n) is 8.38. The van der Waals surface area contributed by atoms with Crippen molar-refractivity contribution in [1.82, 2.24) is 4.98 Å². The molecular formula is C19H18ClN3O3. The number of hydrogen-bond donors (Lipinski definition) is 3. The molecule has 0 bridgehead atoms. The number of H-pyrrole nitrogens is 1. The number of amides is 2. The molecule has 0 saturated heterocycles. The maximum Gasteiger partial charge on any atom is 0.327 e. The molecule has 7 heteroatoms. The quantitative estimate of drug-likeness (QED) is 0.633. The molecule has 2 heterocycles. The molecule has 3 N–H and O–H groups in total. The Morgan fingerprint density at radius 1 is 1.31 bits per heavy atom. The molecule has 0 fully saturated rings. The lowest BCUT2D eigenvalue weighted by molar-refractivity contribution is 0.256. The van der Waals surface area contributed by atoms with Crippen LogP contribution in [0.2, 0.25) is 5.02 Å². The molecule has 1 aliphatic rings. The van der Waals surface area contributed by atoms with Crippen LogP contribution in [-0.2, 0) is 6.61 Å². The minimum absolute atomic E-state index is 0.137. The topological polar surface area (TPSA) is 77.6 Å². The van der Waals surface area contributed by atoms with Crippen LogP contribution in [0.3, 0.4) is 0 Å². The van der Waals surface area contributed by atoms with E-state index in [1.807, 2.05) is 30.3 Å². The molecular weight excluding hydrogens is 354 g/mol. The second-order valence-corrected chi connectivity index (χ2v) is 6.56. The molecule has 4 rings (SSSR count). The third kappa shape index (κ3) is 3.09. The molecule has 26 heavy (non-hydrogen) atoms. The number of carbonyl (C=O) groups excluding carboxylic acids is 1. The van der Waals surface area contributed by atoms with Gasteiger partial charge in [0.1, 0.15) is 11.6 Å². The van der Waals surface area contributed by atoms with Crippen LogP contribution >= 0.6 is 11.6 Å². The summed E-state index contributed by atoms with van der Waals surface area (Å²) in [7, 11) is 0. The Kier molecular flexibility index (Phi) is 4.44. The van der Waals surface area contributed by atoms with Gasteiger partial charge in [0.25, 0.3) is 0 Å². The number of anilines is 2. The first-order chi connectivity index (χ1) is 12.7. The Balaban J connectivity index is 1.63. The normalized spacial score (nSPS) is 13.8. The van der Waals surface area contributed by atoms with Crippen LogP contribution in [0.15, 0.2) is 42.5 Å². The van der Waals surface area contributed by atoms with Crippen molar-refractivity contribution < 1.29 is 14.6 Å². The molecule has 0 atom stereocenters. The lowest BCUT2D eigenvalue weighted by atomic mass is 10.1. The second kappa shape index (κ2) is 6.90. The summed E-state index contributed by atoms with van der Waals surface area (Å²) >= 11 is 6.01. The van der Waals surface area contributed by atoms with Crippen LogP contribution in [0, 0.1) is 0 Å². The number of aliphatic hydroxyl groups excluding tert-OH is 1. The fraction of sp³-hybridized carbons (Fsp3) is 0.211. The zero-order chi connectivity index (χ0) is 18.1. The fourth-order valence-corrected chi connectivity index (χ4v) is 3.34. The number of nitrogens with zero attached hydrogens (tertiary/aromatic N) is 1. The van der Waals surface area contributed by atoms with Gasteiger partial charge in [-0.2, -0.15) is 0 Å². The highest BCUT2D eigenvalue weighted by Crippen LogP contribution is 2.35. The highest BCUT2D eigenvalue weighted by molar-refractivity contribution is 6.31. The molecule has 2 aromatic carbocycles. The highest BCUT2D eigenvalue weighted by Gasteiger charge is 2.24. The maximum atomic E-state index is 12.9. The van der Waals surface area contributed by atoms with Gasteiger partial charge in [0.05, 0.1) is 18.9 Å². The van der Waals surface area contributed by atoms with Crippen LogP contribution in [0.1, 0.15) is 12.0 Å². The molecule has 0 unspecified atom stereocenters. The van der Waals surface area contributed by atoms with E-state index >= 15 is 0 Å². The van der Waals surface area contributed by atoms with E-state index in [0.29, 0.717) is 47.4 Å². The van der Waals surface area contributed by atoms with E-state index in [1.54, 1.807) is 17.0 Å². The number of benzene rings is 2. The van der Waals surface area contributed by atoms with Gasteiger partial charge in [-0.15, -0.1) is 0 Å². The summed E-state index contributed by atoms with van der Waals surface area (Å²) < 4.78 is 5.76. The van der Waals surface area contributed by atoms with Gasteiger partial charge in [0.2, 0.25) is 0 Å². The van der Waals surface area contributed by atoms with Crippen molar-refractivity contribution in [1.29, 1.82) is 0 Å². The number of halogens is 1. The number of hydrogen-bond acceptors (Lipinski definition) is 3. The average molecular weight is 372 g/mol. The number of urea groups is 1. The molecule has 0 radical (unpaired) electrons. The van der Waals surface area contributed by atoms with Gasteiger partial charge in [-0.25, -0.2) is 4.79 Å². The zero-order valence-electron chi connectivity index (χ0n) is 14.0. The summed E-state index contributed by atoms with van der Waals surface area (Å²) in [4.78, 5) is 17.7. The van der Waals surface area contributed by atoms with Crippen LogP contribution < -0.4 is 15.0 Å². The van der Waals surface area contributed by atoms with E-state index in [2.05, 4.69) is 10.3 Å². The molecule has 0 aliphatic carbocycles. The summed E-state index contributed by atoms with van der Waals surface area (Å²) in [5, 5.41) is 14.0. The standard InChI is InChI=1S/C19H18ClN3O3/c20-14-5-6-15-13(9-14)10-17(21-15)22-19(25)23-7-2-8-26-18-12(11-24)3-1-4-16(18)23/h1,3-6,9-10,21,24H,2,7-8,11H2,(H,22,25). The molecule has 1 aliphatic heterocycles. The third-order valence-electron chi connectivity index (χ3n) is 4.38. The highest BCUT2D eigenvalue weighted by atomic mass is 35.5. The monoisotopic (exact) mass is 371 g/mol. The van der Waals surface area contributed by atoms with E-state index < -0.39 is 0 Å². The fourth-order valence-electron chi connectivity index (χ4n) is 3.16. The largest absolute Gasteiger partial charge is 0.491 e. The summed E-state index contributed by atoms with van der Waals surface area (Å²) in [6, 6.07) is 12.5. The zero-order valence-corrected chi connectivity index (χ0v) is 14.7. The summed E-state index contributed by atoms with van der Waals surface area (Å²) in [5.74, 6) is 1.16. The van der Waals surface area contributed by atoms with Crippen molar-refractivity contribution in [2.24, 2.45) is 0 Å². The molecule has 3 aromatic rings. The Bertz CT molecular complexity index is 970. The number of ether oxygens (including phenoxy) is 1. The first-order valence-corrected chi connectivity index (χ1v) is 8.76. The summed E-state index contributed by atoms with van der Waals surface area (Å²) in [5.41, 5.74) is 2.22. The van der Waals surface area contributed by atoms with Crippen LogP contribution in [-0.4, -0.2) is 29.3 Å². The van der Waals surface area contributed by atoms with E-state index in [0.717, 1.165) is 10.9 Å². The predicted octanol–water partition coefficient (Wildman–Crippen LogP) is 4.13. The number of aromatic amines is 1. The van der Waals surface area contributed by atoms with Crippen LogP contribution in [0.25, 0.3) is 10.9 Å². The van der Waals surface area contributed by atoms with Crippen molar-refractivity contribution >= 4 is 40.0 Å². The van der Waals surface area contributed by atoms with Crippen molar-refractivity contribution in [2.75, 3.05) is 23.4 Å². The number of aliphatic hydroxyl groups is 1. The Morgan fingerprint density at radius 3 is 3.04 bits per heavy atom. The molecule has 0 saturated carbocycles. The smallest absolute Gasteiger partial charge is 0.327 e. The third-order valence-corrected chi connectivity index (χ3v) is 4.61. The van der Waals surface area contributed by atoms with Gasteiger partial charge in [0, 0.05) is 28.0 Å². The number of para-hydroxylation sites is 1. The van der Waals surface area contributed by atoms with E-state index in [1.165, 1.54) is 0 Å². The summed E-state index contributed by atoms with van der Waals surface area (Å²) in [6.07, 6.45) is 0.704. The molecule has 6 nitrogen and oxygen atoms in total. The van der Waals surface area contributed by atoms with Crippen molar-refractivity contribution in [3.05, 3.63) is 53.1 Å². The molecule has 1 aromatic heterocycles. The van der Waals surface area contributed by atoms with Gasteiger partial charge >= 0.3 is 6.03 Å². The second-order valence-electron chi connectivity index (χ2n) is 6.12. The van der Waals surface area contributed by atoms with Gasteiger partial charge < -0.3 is 14.8 Å². The van der Waals surface area contributed by atoms with Gasteiger partial charge in [0.15, 0.2) is 0 Å². The number of nitrogens with one attached hydrogen (secondary N) is 2. The van der Waals surface area contributed by atoms with Crippen LogP contribution in [0.4, 0.5) is 16.3 Å².